The van der Waals surface area contributed by atoms with Gasteiger partial charge in [-0.2, -0.15) is 0 Å². The minimum Gasteiger partial charge on any atom is -0.508 e. The third kappa shape index (κ3) is 3.74. The maximum absolute atomic E-state index is 9.26. The molecule has 1 aliphatic rings. The van der Waals surface area contributed by atoms with Crippen molar-refractivity contribution >= 4 is 0 Å². The number of hydrogen-bond donors (Lipinski definition) is 2. The highest BCUT2D eigenvalue weighted by molar-refractivity contribution is 5.26. The normalized spacial score (nSPS) is 19.9. The summed E-state index contributed by atoms with van der Waals surface area (Å²) in [5, 5.41) is 13.0. The van der Waals surface area contributed by atoms with Crippen molar-refractivity contribution in [3.05, 3.63) is 29.8 Å². The van der Waals surface area contributed by atoms with Crippen LogP contribution < -0.4 is 5.32 Å². The summed E-state index contributed by atoms with van der Waals surface area (Å²) < 4.78 is 0. The molecular weight excluding hydrogens is 222 g/mol. The first-order chi connectivity index (χ1) is 8.65. The van der Waals surface area contributed by atoms with Crippen molar-refractivity contribution in [1.82, 2.24) is 5.32 Å². The third-order valence-corrected chi connectivity index (χ3v) is 4.13. The van der Waals surface area contributed by atoms with Crippen molar-refractivity contribution in [2.24, 2.45) is 5.92 Å². The fourth-order valence-corrected chi connectivity index (χ4v) is 3.09. The van der Waals surface area contributed by atoms with Gasteiger partial charge in [-0.15, -0.1) is 0 Å². The molecule has 1 aliphatic carbocycles. The predicted molar refractivity (Wildman–Crippen MR) is 75.8 cm³/mol. The van der Waals surface area contributed by atoms with Crippen molar-refractivity contribution in [2.45, 2.75) is 58.0 Å². The number of rotatable bonds is 5. The minimum absolute atomic E-state index is 0.346. The van der Waals surface area contributed by atoms with E-state index in [1.165, 1.54) is 31.2 Å². The molecule has 1 saturated carbocycles. The molecule has 1 aromatic rings. The second-order valence-corrected chi connectivity index (χ2v) is 5.77. The zero-order chi connectivity index (χ0) is 13.0. The molecule has 1 fully saturated rings. The second kappa shape index (κ2) is 6.24. The summed E-state index contributed by atoms with van der Waals surface area (Å²) in [4.78, 5) is 0. The smallest absolute Gasteiger partial charge is 0.115 e. The number of aromatic hydroxyl groups is 1. The molecule has 1 unspecified atom stereocenters. The average molecular weight is 247 g/mol. The van der Waals surface area contributed by atoms with E-state index in [0.29, 0.717) is 17.8 Å². The quantitative estimate of drug-likeness (QED) is 0.834. The molecule has 18 heavy (non-hydrogen) atoms. The van der Waals surface area contributed by atoms with Gasteiger partial charge in [-0.05, 0) is 56.7 Å². The maximum Gasteiger partial charge on any atom is 0.115 e. The van der Waals surface area contributed by atoms with Crippen molar-refractivity contribution in [1.29, 1.82) is 0 Å². The van der Waals surface area contributed by atoms with Crippen LogP contribution in [0.1, 0.15) is 45.1 Å². The Morgan fingerprint density at radius 1 is 1.17 bits per heavy atom. The average Bonchev–Trinajstić information content (AvgIpc) is 2.85. The molecule has 2 rings (SSSR count). The molecule has 2 heteroatoms. The highest BCUT2D eigenvalue weighted by Gasteiger charge is 2.22. The molecule has 0 radical (unpaired) electrons. The van der Waals surface area contributed by atoms with E-state index >= 15 is 0 Å². The van der Waals surface area contributed by atoms with Gasteiger partial charge in [-0.1, -0.05) is 25.0 Å². The Morgan fingerprint density at radius 3 is 2.39 bits per heavy atom. The minimum atomic E-state index is 0.346. The summed E-state index contributed by atoms with van der Waals surface area (Å²) in [5.74, 6) is 1.21. The Hall–Kier alpha value is -1.02. The van der Waals surface area contributed by atoms with Crippen molar-refractivity contribution < 1.29 is 5.11 Å². The van der Waals surface area contributed by atoms with Crippen LogP contribution in [-0.2, 0) is 6.42 Å². The molecule has 0 heterocycles. The van der Waals surface area contributed by atoms with E-state index in [4.69, 9.17) is 0 Å². The lowest BCUT2D eigenvalue weighted by atomic mass is 9.98. The van der Waals surface area contributed by atoms with Gasteiger partial charge in [0, 0.05) is 12.1 Å². The molecule has 0 bridgehead atoms. The van der Waals surface area contributed by atoms with E-state index in [9.17, 15) is 5.11 Å². The Kier molecular flexibility index (Phi) is 4.65. The van der Waals surface area contributed by atoms with E-state index in [1.807, 2.05) is 12.1 Å². The van der Waals surface area contributed by atoms with Gasteiger partial charge in [0.2, 0.25) is 0 Å². The summed E-state index contributed by atoms with van der Waals surface area (Å²) in [6.07, 6.45) is 6.61. The van der Waals surface area contributed by atoms with Gasteiger partial charge in [-0.3, -0.25) is 0 Å². The number of nitrogens with one attached hydrogen (secondary N) is 1. The van der Waals surface area contributed by atoms with E-state index < -0.39 is 0 Å². The van der Waals surface area contributed by atoms with Crippen LogP contribution in [0.4, 0.5) is 0 Å². The topological polar surface area (TPSA) is 32.3 Å². The number of benzene rings is 1. The van der Waals surface area contributed by atoms with Gasteiger partial charge in [0.25, 0.3) is 0 Å². The first-order valence-electron chi connectivity index (χ1n) is 7.19. The van der Waals surface area contributed by atoms with E-state index in [2.05, 4.69) is 19.2 Å². The van der Waals surface area contributed by atoms with Gasteiger partial charge < -0.3 is 10.4 Å². The van der Waals surface area contributed by atoms with Crippen molar-refractivity contribution in [2.75, 3.05) is 0 Å². The highest BCUT2D eigenvalue weighted by Crippen LogP contribution is 2.27. The summed E-state index contributed by atoms with van der Waals surface area (Å²) in [7, 11) is 0. The molecule has 0 amide bonds. The van der Waals surface area contributed by atoms with E-state index in [0.717, 1.165) is 12.3 Å². The summed E-state index contributed by atoms with van der Waals surface area (Å²) in [6, 6.07) is 8.66. The molecule has 2 atom stereocenters. The highest BCUT2D eigenvalue weighted by atomic mass is 16.3. The number of phenols is 1. The van der Waals surface area contributed by atoms with Crippen LogP contribution in [0.3, 0.4) is 0 Å². The van der Waals surface area contributed by atoms with Crippen LogP contribution in [0.15, 0.2) is 24.3 Å². The monoisotopic (exact) mass is 247 g/mol. The van der Waals surface area contributed by atoms with Gasteiger partial charge in [0.15, 0.2) is 0 Å². The van der Waals surface area contributed by atoms with Crippen LogP contribution in [0.5, 0.6) is 5.75 Å². The first kappa shape index (κ1) is 13.4. The molecule has 0 spiro atoms. The lowest BCUT2D eigenvalue weighted by Gasteiger charge is -2.25. The molecule has 1 aromatic carbocycles. The van der Waals surface area contributed by atoms with Crippen LogP contribution >= 0.6 is 0 Å². The first-order valence-corrected chi connectivity index (χ1v) is 7.19. The fraction of sp³-hybridized carbons (Fsp3) is 0.625. The van der Waals surface area contributed by atoms with Crippen LogP contribution in [0.25, 0.3) is 0 Å². The Morgan fingerprint density at radius 2 is 1.78 bits per heavy atom. The molecule has 2 N–H and O–H groups in total. The standard InChI is InChI=1S/C16H25NO/c1-12(11-14-7-9-16(18)10-8-14)17-13(2)15-5-3-4-6-15/h7-10,12-13,15,17-18H,3-6,11H2,1-2H3/t12?,13-/m0/s1. The second-order valence-electron chi connectivity index (χ2n) is 5.77. The Bertz CT molecular complexity index is 354. The lowest BCUT2D eigenvalue weighted by Crippen LogP contribution is -2.39. The third-order valence-electron chi connectivity index (χ3n) is 4.13. The van der Waals surface area contributed by atoms with E-state index in [-0.39, 0.29) is 0 Å². The van der Waals surface area contributed by atoms with Gasteiger partial charge in [-0.25, -0.2) is 0 Å². The van der Waals surface area contributed by atoms with Crippen LogP contribution in [0.2, 0.25) is 0 Å². The summed E-state index contributed by atoms with van der Waals surface area (Å²) >= 11 is 0. The van der Waals surface area contributed by atoms with Crippen molar-refractivity contribution in [3.8, 4) is 5.75 Å². The lowest BCUT2D eigenvalue weighted by molar-refractivity contribution is 0.348. The maximum atomic E-state index is 9.26. The molecule has 0 aromatic heterocycles. The number of hydrogen-bond acceptors (Lipinski definition) is 2. The largest absolute Gasteiger partial charge is 0.508 e. The van der Waals surface area contributed by atoms with Gasteiger partial charge in [0.05, 0.1) is 0 Å². The molecule has 0 saturated heterocycles. The SMILES string of the molecule is CC(Cc1ccc(O)cc1)N[C@@H](C)C1CCCC1. The zero-order valence-corrected chi connectivity index (χ0v) is 11.5. The predicted octanol–water partition coefficient (Wildman–Crippen LogP) is 3.49. The summed E-state index contributed by atoms with van der Waals surface area (Å²) in [5.41, 5.74) is 1.28. The summed E-state index contributed by atoms with van der Waals surface area (Å²) in [6.45, 7) is 4.57. The van der Waals surface area contributed by atoms with Gasteiger partial charge in [0.1, 0.15) is 5.75 Å². The van der Waals surface area contributed by atoms with Crippen molar-refractivity contribution in [3.63, 3.8) is 0 Å². The molecule has 2 nitrogen and oxygen atoms in total. The van der Waals surface area contributed by atoms with E-state index in [1.54, 1.807) is 12.1 Å². The Balaban J connectivity index is 1.80. The number of phenolic OH excluding ortho intramolecular Hbond substituents is 1. The zero-order valence-electron chi connectivity index (χ0n) is 11.5. The fourth-order valence-electron chi connectivity index (χ4n) is 3.09. The molecule has 0 aliphatic heterocycles. The van der Waals surface area contributed by atoms with Gasteiger partial charge >= 0.3 is 0 Å². The molecule has 100 valence electrons. The Labute approximate surface area is 110 Å². The van der Waals surface area contributed by atoms with Crippen LogP contribution in [-0.4, -0.2) is 17.2 Å². The van der Waals surface area contributed by atoms with Crippen LogP contribution in [0, 0.1) is 5.92 Å². The molecular formula is C16H25NO.